The van der Waals surface area contributed by atoms with Crippen molar-refractivity contribution in [2.75, 3.05) is 19.0 Å². The first-order valence-electron chi connectivity index (χ1n) is 8.49. The van der Waals surface area contributed by atoms with Gasteiger partial charge in [0.1, 0.15) is 11.5 Å². The number of fused-ring (bicyclic) bond motifs is 1. The minimum Gasteiger partial charge on any atom is -0.497 e. The van der Waals surface area contributed by atoms with Crippen LogP contribution in [0, 0.1) is 6.92 Å². The van der Waals surface area contributed by atoms with Crippen molar-refractivity contribution in [2.45, 2.75) is 6.92 Å². The summed E-state index contributed by atoms with van der Waals surface area (Å²) >= 11 is 1.24. The quantitative estimate of drug-likeness (QED) is 0.539. The number of para-hydroxylation sites is 1. The third-order valence-corrected chi connectivity index (χ3v) is 4.85. The van der Waals surface area contributed by atoms with Crippen LogP contribution < -0.4 is 14.8 Å². The van der Waals surface area contributed by atoms with E-state index in [4.69, 9.17) is 9.47 Å². The Balaban J connectivity index is 1.47. The normalized spacial score (nSPS) is 10.8. The van der Waals surface area contributed by atoms with Crippen molar-refractivity contribution in [1.82, 2.24) is 19.8 Å². The molecule has 0 atom stereocenters. The average molecular weight is 395 g/mol. The molecule has 4 rings (SSSR count). The monoisotopic (exact) mass is 395 g/mol. The number of aromatic nitrogens is 4. The van der Waals surface area contributed by atoms with Gasteiger partial charge in [-0.15, -0.1) is 15.3 Å². The van der Waals surface area contributed by atoms with Gasteiger partial charge in [0.25, 0.3) is 5.91 Å². The molecule has 0 unspecified atom stereocenters. The fourth-order valence-corrected chi connectivity index (χ4v) is 3.36. The fraction of sp³-hybridized carbons (Fsp3) is 0.158. The summed E-state index contributed by atoms with van der Waals surface area (Å²) in [6, 6.07) is 15.0. The van der Waals surface area contributed by atoms with Gasteiger partial charge in [0.15, 0.2) is 12.4 Å². The van der Waals surface area contributed by atoms with Gasteiger partial charge in [0.2, 0.25) is 10.1 Å². The Morgan fingerprint density at radius 1 is 1.14 bits per heavy atom. The molecule has 0 saturated carbocycles. The summed E-state index contributed by atoms with van der Waals surface area (Å²) in [7, 11) is 1.61. The van der Waals surface area contributed by atoms with Crippen molar-refractivity contribution in [3.63, 3.8) is 0 Å². The fourth-order valence-electron chi connectivity index (χ4n) is 2.60. The Bertz CT molecular complexity index is 1120. The van der Waals surface area contributed by atoms with Crippen molar-refractivity contribution in [3.05, 3.63) is 54.1 Å². The molecule has 2 aromatic carbocycles. The van der Waals surface area contributed by atoms with Crippen LogP contribution in [-0.2, 0) is 4.79 Å². The molecule has 0 radical (unpaired) electrons. The molecule has 9 heteroatoms. The van der Waals surface area contributed by atoms with Crippen LogP contribution >= 0.6 is 11.3 Å². The molecule has 0 aliphatic heterocycles. The number of rotatable bonds is 6. The molecule has 4 aromatic rings. The molecule has 0 saturated heterocycles. The predicted molar refractivity (Wildman–Crippen MR) is 106 cm³/mol. The van der Waals surface area contributed by atoms with E-state index in [1.807, 2.05) is 55.5 Å². The molecule has 0 fully saturated rings. The molecular weight excluding hydrogens is 378 g/mol. The van der Waals surface area contributed by atoms with Crippen LogP contribution in [0.25, 0.3) is 16.3 Å². The van der Waals surface area contributed by atoms with Gasteiger partial charge in [-0.3, -0.25) is 10.1 Å². The first kappa shape index (κ1) is 17.9. The van der Waals surface area contributed by atoms with Crippen LogP contribution in [0.5, 0.6) is 11.5 Å². The van der Waals surface area contributed by atoms with Gasteiger partial charge < -0.3 is 9.47 Å². The topological polar surface area (TPSA) is 90.6 Å². The van der Waals surface area contributed by atoms with Gasteiger partial charge in [0, 0.05) is 5.56 Å². The lowest BCUT2D eigenvalue weighted by Crippen LogP contribution is -2.20. The maximum Gasteiger partial charge on any atom is 0.264 e. The molecule has 1 amide bonds. The summed E-state index contributed by atoms with van der Waals surface area (Å²) in [5.74, 6) is 1.73. The summed E-state index contributed by atoms with van der Waals surface area (Å²) in [4.78, 5) is 12.8. The number of carbonyl (C=O) groups excluding carboxylic acids is 1. The van der Waals surface area contributed by atoms with Gasteiger partial charge >= 0.3 is 0 Å². The number of carbonyl (C=O) groups is 1. The number of amides is 1. The van der Waals surface area contributed by atoms with Crippen LogP contribution in [0.3, 0.4) is 0 Å². The van der Waals surface area contributed by atoms with E-state index >= 15 is 0 Å². The maximum atomic E-state index is 12.2. The minimum atomic E-state index is -0.292. The standard InChI is InChI=1S/C19H17N5O3S/c1-12-5-3-4-6-15(12)27-11-16(25)20-18-23-24-17(21-22-19(24)28-18)13-7-9-14(26-2)10-8-13/h3-10H,11H2,1-2H3,(H,20,23,25). The Kier molecular flexibility index (Phi) is 4.90. The van der Waals surface area contributed by atoms with Crippen LogP contribution in [0.4, 0.5) is 5.13 Å². The molecule has 0 aliphatic carbocycles. The van der Waals surface area contributed by atoms with Gasteiger partial charge in [-0.05, 0) is 42.8 Å². The molecule has 0 spiro atoms. The van der Waals surface area contributed by atoms with Crippen molar-refractivity contribution in [1.29, 1.82) is 0 Å². The highest BCUT2D eigenvalue weighted by atomic mass is 32.1. The van der Waals surface area contributed by atoms with E-state index in [0.717, 1.165) is 16.9 Å². The molecule has 0 aliphatic rings. The minimum absolute atomic E-state index is 0.101. The highest BCUT2D eigenvalue weighted by Crippen LogP contribution is 2.25. The van der Waals surface area contributed by atoms with E-state index in [1.165, 1.54) is 11.3 Å². The largest absolute Gasteiger partial charge is 0.497 e. The lowest BCUT2D eigenvalue weighted by molar-refractivity contribution is -0.118. The number of anilines is 1. The van der Waals surface area contributed by atoms with E-state index in [9.17, 15) is 4.79 Å². The lowest BCUT2D eigenvalue weighted by Gasteiger charge is -2.07. The zero-order valence-corrected chi connectivity index (χ0v) is 16.1. The van der Waals surface area contributed by atoms with Gasteiger partial charge in [-0.25, -0.2) is 0 Å². The van der Waals surface area contributed by atoms with E-state index in [-0.39, 0.29) is 12.5 Å². The molecule has 2 aromatic heterocycles. The third kappa shape index (κ3) is 3.65. The first-order valence-corrected chi connectivity index (χ1v) is 9.30. The van der Waals surface area contributed by atoms with Gasteiger partial charge in [0.05, 0.1) is 7.11 Å². The number of ether oxygens (including phenoxy) is 2. The van der Waals surface area contributed by atoms with Crippen molar-refractivity contribution in [3.8, 4) is 22.9 Å². The van der Waals surface area contributed by atoms with Gasteiger partial charge in [-0.2, -0.15) is 4.52 Å². The van der Waals surface area contributed by atoms with Crippen LogP contribution in [0.1, 0.15) is 5.56 Å². The smallest absolute Gasteiger partial charge is 0.264 e. The summed E-state index contributed by atoms with van der Waals surface area (Å²) in [6.45, 7) is 1.83. The second kappa shape index (κ2) is 7.65. The van der Waals surface area contributed by atoms with Gasteiger partial charge in [-0.1, -0.05) is 29.5 Å². The molecule has 8 nitrogen and oxygen atoms in total. The Hall–Kier alpha value is -3.46. The van der Waals surface area contributed by atoms with Crippen molar-refractivity contribution < 1.29 is 14.3 Å². The molecule has 28 heavy (non-hydrogen) atoms. The summed E-state index contributed by atoms with van der Waals surface area (Å²) in [5.41, 5.74) is 1.82. The van der Waals surface area contributed by atoms with E-state index in [0.29, 0.717) is 21.7 Å². The van der Waals surface area contributed by atoms with E-state index < -0.39 is 0 Å². The maximum absolute atomic E-state index is 12.2. The molecular formula is C19H17N5O3S. The zero-order chi connectivity index (χ0) is 19.5. The first-order chi connectivity index (χ1) is 13.6. The molecule has 142 valence electrons. The summed E-state index contributed by atoms with van der Waals surface area (Å²) in [5, 5.41) is 15.9. The molecule has 1 N–H and O–H groups in total. The number of hydrogen-bond donors (Lipinski definition) is 1. The predicted octanol–water partition coefficient (Wildman–Crippen LogP) is 3.19. The molecule has 0 bridgehead atoms. The van der Waals surface area contributed by atoms with Crippen molar-refractivity contribution >= 4 is 27.3 Å². The van der Waals surface area contributed by atoms with Crippen LogP contribution in [0.2, 0.25) is 0 Å². The Labute approximate surface area is 164 Å². The number of methoxy groups -OCH3 is 1. The highest BCUT2D eigenvalue weighted by Gasteiger charge is 2.15. The number of benzene rings is 2. The van der Waals surface area contributed by atoms with Crippen molar-refractivity contribution in [2.24, 2.45) is 0 Å². The average Bonchev–Trinajstić information content (AvgIpc) is 3.27. The number of aryl methyl sites for hydroxylation is 1. The highest BCUT2D eigenvalue weighted by molar-refractivity contribution is 7.20. The Morgan fingerprint density at radius 2 is 1.93 bits per heavy atom. The second-order valence-electron chi connectivity index (χ2n) is 5.96. The van der Waals surface area contributed by atoms with E-state index in [1.54, 1.807) is 11.6 Å². The van der Waals surface area contributed by atoms with Crippen LogP contribution in [0.15, 0.2) is 48.5 Å². The summed E-state index contributed by atoms with van der Waals surface area (Å²) in [6.07, 6.45) is 0. The summed E-state index contributed by atoms with van der Waals surface area (Å²) < 4.78 is 12.3. The van der Waals surface area contributed by atoms with Crippen LogP contribution in [-0.4, -0.2) is 39.4 Å². The SMILES string of the molecule is COc1ccc(-c2nnc3sc(NC(=O)COc4ccccc4C)nn23)cc1. The lowest BCUT2D eigenvalue weighted by atomic mass is 10.2. The number of nitrogens with one attached hydrogen (secondary N) is 1. The Morgan fingerprint density at radius 3 is 2.68 bits per heavy atom. The second-order valence-corrected chi connectivity index (χ2v) is 6.91. The third-order valence-electron chi connectivity index (χ3n) is 4.04. The number of nitrogens with zero attached hydrogens (tertiary/aromatic N) is 4. The zero-order valence-electron chi connectivity index (χ0n) is 15.2. The molecule has 2 heterocycles. The van der Waals surface area contributed by atoms with E-state index in [2.05, 4.69) is 20.6 Å². The number of hydrogen-bond acceptors (Lipinski definition) is 7.